The third-order valence-corrected chi connectivity index (χ3v) is 6.83. The van der Waals surface area contributed by atoms with Crippen LogP contribution in [0.15, 0.2) is 92.0 Å². The fourth-order valence-electron chi connectivity index (χ4n) is 4.65. The van der Waals surface area contributed by atoms with Crippen LogP contribution in [0.1, 0.15) is 32.7 Å². The number of benzene rings is 2. The van der Waals surface area contributed by atoms with Gasteiger partial charge in [-0.3, -0.25) is 9.78 Å². The van der Waals surface area contributed by atoms with Crippen LogP contribution in [0, 0.1) is 13.8 Å². The molecule has 0 saturated heterocycles. The number of carbonyl (C=O) groups excluding carboxylic acids is 1. The summed E-state index contributed by atoms with van der Waals surface area (Å²) in [6.07, 6.45) is 7.08. The summed E-state index contributed by atoms with van der Waals surface area (Å²) < 4.78 is 44.5. The molecule has 0 spiro atoms. The zero-order valence-electron chi connectivity index (χ0n) is 22.6. The first-order valence-corrected chi connectivity index (χ1v) is 13.0. The van der Waals surface area contributed by atoms with E-state index in [4.69, 9.17) is 4.98 Å². The first-order valence-electron chi connectivity index (χ1n) is 13.0. The standard InChI is InChI=1S/C31H24F3N7O/c1-19-5-6-21(11-28(42)23-12-24(31(32,33)34)14-25(13-23)41-16-20(2)37-18-41)10-26(19)38-29-30-36-8-9-40(30)17-27(39-29)22-4-3-7-35-15-22/h3-10,12-18H,11H2,1-2H3,(H,38,39). The summed E-state index contributed by atoms with van der Waals surface area (Å²) >= 11 is 0. The molecular weight excluding hydrogens is 543 g/mol. The van der Waals surface area contributed by atoms with Crippen LogP contribution in [0.5, 0.6) is 0 Å². The number of rotatable bonds is 7. The molecule has 6 aromatic rings. The van der Waals surface area contributed by atoms with Gasteiger partial charge in [-0.15, -0.1) is 0 Å². The van der Waals surface area contributed by atoms with Crippen molar-refractivity contribution in [3.63, 3.8) is 0 Å². The lowest BCUT2D eigenvalue weighted by Gasteiger charge is -2.14. The van der Waals surface area contributed by atoms with E-state index in [9.17, 15) is 18.0 Å². The molecule has 8 nitrogen and oxygen atoms in total. The Morgan fingerprint density at radius 3 is 2.60 bits per heavy atom. The number of nitrogens with one attached hydrogen (secondary N) is 1. The third-order valence-electron chi connectivity index (χ3n) is 6.83. The second-order valence-corrected chi connectivity index (χ2v) is 9.94. The fourth-order valence-corrected chi connectivity index (χ4v) is 4.65. The highest BCUT2D eigenvalue weighted by Crippen LogP contribution is 2.32. The number of fused-ring (bicyclic) bond motifs is 1. The van der Waals surface area contributed by atoms with Crippen LogP contribution < -0.4 is 5.32 Å². The molecule has 0 bridgehead atoms. The highest BCUT2D eigenvalue weighted by molar-refractivity contribution is 5.98. The molecule has 0 atom stereocenters. The Morgan fingerprint density at radius 2 is 1.86 bits per heavy atom. The van der Waals surface area contributed by atoms with Crippen LogP contribution in [0.3, 0.4) is 0 Å². The molecule has 210 valence electrons. The van der Waals surface area contributed by atoms with Gasteiger partial charge in [-0.05, 0) is 61.4 Å². The summed E-state index contributed by atoms with van der Waals surface area (Å²) in [4.78, 5) is 30.8. The summed E-state index contributed by atoms with van der Waals surface area (Å²) in [6.45, 7) is 3.65. The maximum absolute atomic E-state index is 13.7. The van der Waals surface area contributed by atoms with Crippen molar-refractivity contribution in [3.8, 4) is 16.9 Å². The van der Waals surface area contributed by atoms with E-state index in [0.717, 1.165) is 23.3 Å². The van der Waals surface area contributed by atoms with E-state index >= 15 is 0 Å². The molecule has 0 saturated carbocycles. The van der Waals surface area contributed by atoms with Crippen molar-refractivity contribution in [1.29, 1.82) is 0 Å². The minimum Gasteiger partial charge on any atom is -0.337 e. The number of ketones is 1. The van der Waals surface area contributed by atoms with Gasteiger partial charge in [0.1, 0.15) is 0 Å². The average molecular weight is 568 g/mol. The van der Waals surface area contributed by atoms with E-state index in [1.165, 1.54) is 17.0 Å². The maximum Gasteiger partial charge on any atom is 0.416 e. The van der Waals surface area contributed by atoms with E-state index in [-0.39, 0.29) is 17.7 Å². The summed E-state index contributed by atoms with van der Waals surface area (Å²) in [6, 6.07) is 12.5. The van der Waals surface area contributed by atoms with Gasteiger partial charge in [0.15, 0.2) is 17.2 Å². The van der Waals surface area contributed by atoms with Crippen molar-refractivity contribution in [2.75, 3.05) is 5.32 Å². The summed E-state index contributed by atoms with van der Waals surface area (Å²) in [5.74, 6) is 0.0624. The van der Waals surface area contributed by atoms with Gasteiger partial charge >= 0.3 is 6.18 Å². The second kappa shape index (κ2) is 10.6. The number of alkyl halides is 3. The lowest BCUT2D eigenvalue weighted by molar-refractivity contribution is -0.137. The van der Waals surface area contributed by atoms with E-state index in [1.54, 1.807) is 43.8 Å². The van der Waals surface area contributed by atoms with Crippen molar-refractivity contribution < 1.29 is 18.0 Å². The Balaban J connectivity index is 1.31. The van der Waals surface area contributed by atoms with Crippen molar-refractivity contribution >= 4 is 22.9 Å². The number of nitrogens with zero attached hydrogens (tertiary/aromatic N) is 6. The SMILES string of the molecule is Cc1cn(-c2cc(C(=O)Cc3ccc(C)c(Nc4nc(-c5cccnc5)cn5ccnc45)c3)cc(C(F)(F)F)c2)cn1. The molecular formula is C31H24F3N7O. The maximum atomic E-state index is 13.7. The molecule has 11 heteroatoms. The Kier molecular flexibility index (Phi) is 6.77. The van der Waals surface area contributed by atoms with Crippen LogP contribution in [0.25, 0.3) is 22.6 Å². The number of pyridine rings is 1. The minimum atomic E-state index is -4.61. The number of anilines is 2. The highest BCUT2D eigenvalue weighted by atomic mass is 19.4. The van der Waals surface area contributed by atoms with Crippen LogP contribution >= 0.6 is 0 Å². The lowest BCUT2D eigenvalue weighted by atomic mass is 9.99. The molecule has 4 aromatic heterocycles. The molecule has 1 N–H and O–H groups in total. The fraction of sp³-hybridized carbons (Fsp3) is 0.129. The van der Waals surface area contributed by atoms with Gasteiger partial charge in [0.2, 0.25) is 0 Å². The minimum absolute atomic E-state index is 0.0359. The zero-order valence-corrected chi connectivity index (χ0v) is 22.6. The highest BCUT2D eigenvalue weighted by Gasteiger charge is 2.32. The number of halogens is 3. The summed E-state index contributed by atoms with van der Waals surface area (Å²) in [5, 5.41) is 3.34. The van der Waals surface area contributed by atoms with Gasteiger partial charge in [0.25, 0.3) is 0 Å². The third kappa shape index (κ3) is 5.49. The molecule has 4 heterocycles. The van der Waals surface area contributed by atoms with Gasteiger partial charge in [-0.25, -0.2) is 15.0 Å². The Bertz CT molecular complexity index is 1930. The number of Topliss-reactive ketones (excluding diaryl/α,β-unsaturated/α-hetero) is 1. The second-order valence-electron chi connectivity index (χ2n) is 9.94. The first kappa shape index (κ1) is 26.9. The molecule has 0 amide bonds. The molecule has 0 radical (unpaired) electrons. The van der Waals surface area contributed by atoms with Crippen molar-refractivity contribution in [2.45, 2.75) is 26.4 Å². The number of carbonyl (C=O) groups is 1. The van der Waals surface area contributed by atoms with Gasteiger partial charge in [0, 0.05) is 66.1 Å². The zero-order chi connectivity index (χ0) is 29.4. The average Bonchev–Trinajstić information content (AvgIpc) is 3.64. The van der Waals surface area contributed by atoms with E-state index in [1.807, 2.05) is 41.9 Å². The molecule has 0 aliphatic heterocycles. The van der Waals surface area contributed by atoms with Gasteiger partial charge in [-0.2, -0.15) is 13.2 Å². The van der Waals surface area contributed by atoms with Crippen molar-refractivity contribution in [1.82, 2.24) is 28.9 Å². The number of hydrogen-bond acceptors (Lipinski definition) is 6. The van der Waals surface area contributed by atoms with E-state index in [0.29, 0.717) is 34.1 Å². The van der Waals surface area contributed by atoms with E-state index in [2.05, 4.69) is 20.3 Å². The lowest BCUT2D eigenvalue weighted by Crippen LogP contribution is -2.11. The number of aryl methyl sites for hydroxylation is 2. The predicted molar refractivity (Wildman–Crippen MR) is 152 cm³/mol. The first-order chi connectivity index (χ1) is 20.1. The number of aromatic nitrogens is 6. The molecule has 0 fully saturated rings. The van der Waals surface area contributed by atoms with Crippen molar-refractivity contribution in [2.24, 2.45) is 0 Å². The van der Waals surface area contributed by atoms with Crippen LogP contribution in [-0.2, 0) is 12.6 Å². The quantitative estimate of drug-likeness (QED) is 0.214. The molecule has 0 aliphatic rings. The summed E-state index contributed by atoms with van der Waals surface area (Å²) in [7, 11) is 0. The molecule has 42 heavy (non-hydrogen) atoms. The topological polar surface area (TPSA) is 90.0 Å². The Morgan fingerprint density at radius 1 is 1.00 bits per heavy atom. The van der Waals surface area contributed by atoms with Crippen LogP contribution in [-0.4, -0.2) is 34.7 Å². The van der Waals surface area contributed by atoms with Crippen molar-refractivity contribution in [3.05, 3.63) is 120 Å². The van der Waals surface area contributed by atoms with E-state index < -0.39 is 17.5 Å². The Hall–Kier alpha value is -5.32. The smallest absolute Gasteiger partial charge is 0.337 e. The predicted octanol–water partition coefficient (Wildman–Crippen LogP) is 6.78. The largest absolute Gasteiger partial charge is 0.416 e. The molecule has 6 rings (SSSR count). The normalized spacial score (nSPS) is 11.6. The molecule has 0 aliphatic carbocycles. The van der Waals surface area contributed by atoms with Gasteiger partial charge < -0.3 is 14.3 Å². The monoisotopic (exact) mass is 567 g/mol. The number of imidazole rings is 2. The number of hydrogen-bond donors (Lipinski definition) is 1. The van der Waals surface area contributed by atoms with Crippen LogP contribution in [0.4, 0.5) is 24.7 Å². The molecule has 0 unspecified atom stereocenters. The Labute approximate surface area is 238 Å². The van der Waals surface area contributed by atoms with Gasteiger partial charge in [0.05, 0.1) is 23.3 Å². The molecule has 2 aromatic carbocycles. The van der Waals surface area contributed by atoms with Gasteiger partial charge in [-0.1, -0.05) is 12.1 Å². The summed E-state index contributed by atoms with van der Waals surface area (Å²) in [5.41, 5.74) is 4.27. The van der Waals surface area contributed by atoms with Crippen LogP contribution in [0.2, 0.25) is 0 Å².